The number of quaternary nitrogens is 1. The number of aromatic nitrogens is 1. The van der Waals surface area contributed by atoms with Crippen molar-refractivity contribution in [1.29, 1.82) is 0 Å². The molecule has 23 heavy (non-hydrogen) atoms. The lowest BCUT2D eigenvalue weighted by Crippen LogP contribution is -3.16. The van der Waals surface area contributed by atoms with Crippen LogP contribution in [0.5, 0.6) is 0 Å². The lowest BCUT2D eigenvalue weighted by atomic mass is 10.2. The number of carbonyl (C=O) groups excluding carboxylic acids is 2. The zero-order chi connectivity index (χ0) is 16.2. The number of nitrogens with one attached hydrogen (secondary N) is 3. The molecule has 3 N–H and O–H groups in total. The van der Waals surface area contributed by atoms with Crippen LogP contribution >= 0.6 is 0 Å². The minimum Gasteiger partial charge on any atom is -0.326 e. The molecule has 3 amide bonds. The summed E-state index contributed by atoms with van der Waals surface area (Å²) in [4.78, 5) is 32.5. The Morgan fingerprint density at radius 1 is 1.30 bits per heavy atom. The van der Waals surface area contributed by atoms with Crippen molar-refractivity contribution in [3.63, 3.8) is 0 Å². The number of pyridine rings is 1. The third-order valence-corrected chi connectivity index (χ3v) is 4.57. The first kappa shape index (κ1) is 15.7. The molecular formula is C16H25N5O2+2. The summed E-state index contributed by atoms with van der Waals surface area (Å²) < 4.78 is 0. The topological polar surface area (TPSA) is 71.2 Å². The Hall–Kier alpha value is -2.15. The summed E-state index contributed by atoms with van der Waals surface area (Å²) >= 11 is 0. The third kappa shape index (κ3) is 3.44. The van der Waals surface area contributed by atoms with Gasteiger partial charge in [0.2, 0.25) is 0 Å². The lowest BCUT2D eigenvalue weighted by Gasteiger charge is -2.29. The van der Waals surface area contributed by atoms with Crippen molar-refractivity contribution in [2.75, 3.05) is 37.7 Å². The molecule has 0 aromatic carbocycles. The summed E-state index contributed by atoms with van der Waals surface area (Å²) in [6, 6.07) is 5.49. The first-order chi connectivity index (χ1) is 11.2. The van der Waals surface area contributed by atoms with Crippen molar-refractivity contribution in [2.45, 2.75) is 25.8 Å². The number of aromatic amines is 1. The number of rotatable bonds is 5. The monoisotopic (exact) mass is 319 g/mol. The van der Waals surface area contributed by atoms with Crippen LogP contribution in [-0.4, -0.2) is 55.7 Å². The molecule has 0 radical (unpaired) electrons. The normalized spacial score (nSPS) is 22.6. The van der Waals surface area contributed by atoms with E-state index in [2.05, 4.69) is 21.3 Å². The Morgan fingerprint density at radius 3 is 2.74 bits per heavy atom. The molecule has 1 aromatic rings. The van der Waals surface area contributed by atoms with Crippen molar-refractivity contribution >= 4 is 17.8 Å². The summed E-state index contributed by atoms with van der Waals surface area (Å²) in [6.45, 7) is 6.15. The highest BCUT2D eigenvalue weighted by molar-refractivity contribution is 6.03. The Bertz CT molecular complexity index is 557. The molecular weight excluding hydrogens is 294 g/mol. The van der Waals surface area contributed by atoms with E-state index < -0.39 is 0 Å². The van der Waals surface area contributed by atoms with Crippen LogP contribution in [0.25, 0.3) is 0 Å². The van der Waals surface area contributed by atoms with E-state index in [1.54, 1.807) is 0 Å². The maximum Gasteiger partial charge on any atom is 0.329 e. The first-order valence-corrected chi connectivity index (χ1v) is 8.36. The van der Waals surface area contributed by atoms with Gasteiger partial charge in [0, 0.05) is 6.07 Å². The Balaban J connectivity index is 1.53. The summed E-state index contributed by atoms with van der Waals surface area (Å²) in [5, 5.41) is 2.79. The number of carbonyl (C=O) groups is 2. The van der Waals surface area contributed by atoms with Gasteiger partial charge in [0.1, 0.15) is 32.2 Å². The van der Waals surface area contributed by atoms with Crippen LogP contribution in [0.3, 0.4) is 0 Å². The minimum atomic E-state index is -0.327. The van der Waals surface area contributed by atoms with E-state index in [1.165, 1.54) is 9.80 Å². The second-order valence-corrected chi connectivity index (χ2v) is 6.20. The van der Waals surface area contributed by atoms with Gasteiger partial charge in [-0.3, -0.25) is 9.69 Å². The number of anilines is 1. The predicted octanol–water partition coefficient (Wildman–Crippen LogP) is -1.12. The number of nitrogens with zero attached hydrogens (tertiary/aromatic N) is 2. The zero-order valence-corrected chi connectivity index (χ0v) is 13.5. The summed E-state index contributed by atoms with van der Waals surface area (Å²) in [5.74, 6) is 1.05. The molecule has 124 valence electrons. The third-order valence-electron chi connectivity index (χ3n) is 4.57. The number of H-pyrrole nitrogens is 1. The van der Waals surface area contributed by atoms with E-state index in [0.29, 0.717) is 13.1 Å². The average molecular weight is 319 g/mol. The Kier molecular flexibility index (Phi) is 4.76. The summed E-state index contributed by atoms with van der Waals surface area (Å²) in [5.41, 5.74) is 0. The number of hydrogen-bond acceptors (Lipinski definition) is 3. The van der Waals surface area contributed by atoms with Crippen molar-refractivity contribution in [3.05, 3.63) is 24.4 Å². The Labute approximate surface area is 136 Å². The fourth-order valence-corrected chi connectivity index (χ4v) is 3.24. The number of hydrogen-bond donors (Lipinski definition) is 2. The highest BCUT2D eigenvalue weighted by Crippen LogP contribution is 2.10. The number of piperazine rings is 1. The van der Waals surface area contributed by atoms with Gasteiger partial charge in [-0.1, -0.05) is 19.4 Å². The lowest BCUT2D eigenvalue weighted by molar-refractivity contribution is -0.908. The van der Waals surface area contributed by atoms with E-state index in [1.807, 2.05) is 25.3 Å². The quantitative estimate of drug-likeness (QED) is 0.676. The Morgan fingerprint density at radius 2 is 2.09 bits per heavy atom. The van der Waals surface area contributed by atoms with Gasteiger partial charge < -0.3 is 10.2 Å². The SMILES string of the molecule is CCC[C@@H]1NC(=O)N(C[NH+]2CCN(c3cccc[nH+]3)CC2)C1=O. The minimum absolute atomic E-state index is 0.0665. The van der Waals surface area contributed by atoms with E-state index in [9.17, 15) is 9.59 Å². The molecule has 0 unspecified atom stereocenters. The highest BCUT2D eigenvalue weighted by Gasteiger charge is 2.40. The molecule has 0 saturated carbocycles. The van der Waals surface area contributed by atoms with Crippen LogP contribution in [0, 0.1) is 0 Å². The maximum atomic E-state index is 12.3. The molecule has 1 aromatic heterocycles. The van der Waals surface area contributed by atoms with Gasteiger partial charge in [-0.15, -0.1) is 0 Å². The molecule has 7 nitrogen and oxygen atoms in total. The largest absolute Gasteiger partial charge is 0.329 e. The van der Waals surface area contributed by atoms with Gasteiger partial charge in [-0.25, -0.2) is 14.7 Å². The van der Waals surface area contributed by atoms with Gasteiger partial charge in [0.05, 0.1) is 6.20 Å². The zero-order valence-electron chi connectivity index (χ0n) is 13.5. The van der Waals surface area contributed by atoms with Gasteiger partial charge in [0.25, 0.3) is 11.7 Å². The standard InChI is InChI=1S/C16H23N5O2/c1-2-5-13-15(22)21(16(23)18-13)12-19-8-10-20(11-9-19)14-6-3-4-7-17-14/h3-4,6-7,13H,2,5,8-12H2,1H3,(H,18,23)/p+2/t13-/m0/s1. The van der Waals surface area contributed by atoms with Gasteiger partial charge in [-0.2, -0.15) is 0 Å². The van der Waals surface area contributed by atoms with Gasteiger partial charge >= 0.3 is 6.03 Å². The fraction of sp³-hybridized carbons (Fsp3) is 0.562. The predicted molar refractivity (Wildman–Crippen MR) is 84.8 cm³/mol. The fourth-order valence-electron chi connectivity index (χ4n) is 3.24. The summed E-state index contributed by atoms with van der Waals surface area (Å²) in [7, 11) is 0. The van der Waals surface area contributed by atoms with Crippen LogP contribution in [0.15, 0.2) is 24.4 Å². The van der Waals surface area contributed by atoms with Crippen molar-refractivity contribution < 1.29 is 19.5 Å². The van der Waals surface area contributed by atoms with E-state index >= 15 is 0 Å². The van der Waals surface area contributed by atoms with Crippen LogP contribution < -0.4 is 20.1 Å². The first-order valence-electron chi connectivity index (χ1n) is 8.36. The van der Waals surface area contributed by atoms with Gasteiger partial charge in [0.15, 0.2) is 6.67 Å². The number of amides is 3. The smallest absolute Gasteiger partial charge is 0.326 e. The molecule has 2 aliphatic rings. The van der Waals surface area contributed by atoms with E-state index in [-0.39, 0.29) is 18.0 Å². The van der Waals surface area contributed by atoms with Gasteiger partial charge in [-0.05, 0) is 12.5 Å². The molecule has 2 fully saturated rings. The molecule has 0 aliphatic carbocycles. The molecule has 2 saturated heterocycles. The van der Waals surface area contributed by atoms with Crippen LogP contribution in [0.4, 0.5) is 10.6 Å². The molecule has 0 spiro atoms. The van der Waals surface area contributed by atoms with Crippen molar-refractivity contribution in [2.24, 2.45) is 0 Å². The van der Waals surface area contributed by atoms with Crippen LogP contribution in [0.2, 0.25) is 0 Å². The number of imide groups is 1. The second kappa shape index (κ2) is 6.95. The van der Waals surface area contributed by atoms with Crippen molar-refractivity contribution in [1.82, 2.24) is 10.2 Å². The maximum absolute atomic E-state index is 12.3. The highest BCUT2D eigenvalue weighted by atomic mass is 16.2. The average Bonchev–Trinajstić information content (AvgIpc) is 2.84. The molecule has 2 aliphatic heterocycles. The van der Waals surface area contributed by atoms with Crippen LogP contribution in [-0.2, 0) is 4.79 Å². The van der Waals surface area contributed by atoms with Crippen LogP contribution in [0.1, 0.15) is 19.8 Å². The molecule has 3 rings (SSSR count). The summed E-state index contributed by atoms with van der Waals surface area (Å²) in [6.07, 6.45) is 3.54. The van der Waals surface area contributed by atoms with E-state index in [4.69, 9.17) is 0 Å². The molecule has 3 heterocycles. The van der Waals surface area contributed by atoms with E-state index in [0.717, 1.165) is 38.4 Å². The molecule has 7 heteroatoms. The van der Waals surface area contributed by atoms with Crippen molar-refractivity contribution in [3.8, 4) is 0 Å². The molecule has 1 atom stereocenters. The number of urea groups is 1. The second-order valence-electron chi connectivity index (χ2n) is 6.20. The molecule has 0 bridgehead atoms.